The van der Waals surface area contributed by atoms with Crippen molar-refractivity contribution in [2.24, 2.45) is 5.10 Å². The largest absolute Gasteiger partial charge is 0.279 e. The van der Waals surface area contributed by atoms with Gasteiger partial charge in [-0.2, -0.15) is 5.10 Å². The highest BCUT2D eigenvalue weighted by Crippen LogP contribution is 2.24. The Hall–Kier alpha value is -2.13. The summed E-state index contributed by atoms with van der Waals surface area (Å²) < 4.78 is 1.10. The van der Waals surface area contributed by atoms with Crippen LogP contribution in [0, 0.1) is 0 Å². The van der Waals surface area contributed by atoms with Gasteiger partial charge in [-0.15, -0.1) is 0 Å². The standard InChI is InChI=1S/C17H13BrN2/c18-17-8-4-5-14-10-9-13(11-16(14)17)12-19-20-15-6-2-1-3-7-15/h1-12,20H. The van der Waals surface area contributed by atoms with E-state index in [1.165, 1.54) is 10.8 Å². The second kappa shape index (κ2) is 5.88. The Bertz CT molecular complexity index is 751. The van der Waals surface area contributed by atoms with E-state index < -0.39 is 0 Å². The molecular weight excluding hydrogens is 312 g/mol. The zero-order valence-corrected chi connectivity index (χ0v) is 12.3. The molecule has 2 nitrogen and oxygen atoms in total. The molecule has 3 heteroatoms. The van der Waals surface area contributed by atoms with Crippen molar-refractivity contribution < 1.29 is 0 Å². The van der Waals surface area contributed by atoms with E-state index >= 15 is 0 Å². The van der Waals surface area contributed by atoms with Crippen LogP contribution < -0.4 is 5.43 Å². The van der Waals surface area contributed by atoms with Gasteiger partial charge in [-0.3, -0.25) is 5.43 Å². The van der Waals surface area contributed by atoms with Crippen molar-refractivity contribution in [1.29, 1.82) is 0 Å². The Morgan fingerprint density at radius 2 is 1.75 bits per heavy atom. The molecule has 0 bridgehead atoms. The Labute approximate surface area is 126 Å². The van der Waals surface area contributed by atoms with Crippen molar-refractivity contribution in [3.05, 3.63) is 76.8 Å². The molecule has 0 spiro atoms. The molecule has 1 N–H and O–H groups in total. The Balaban J connectivity index is 1.82. The summed E-state index contributed by atoms with van der Waals surface area (Å²) >= 11 is 3.58. The highest BCUT2D eigenvalue weighted by Gasteiger charge is 1.98. The van der Waals surface area contributed by atoms with Crippen LogP contribution in [0.4, 0.5) is 5.69 Å². The second-order valence-electron chi connectivity index (χ2n) is 4.46. The number of nitrogens with zero attached hydrogens (tertiary/aromatic N) is 1. The molecule has 0 fully saturated rings. The minimum Gasteiger partial charge on any atom is -0.279 e. The zero-order chi connectivity index (χ0) is 13.8. The van der Waals surface area contributed by atoms with Crippen LogP contribution in [0.25, 0.3) is 10.8 Å². The van der Waals surface area contributed by atoms with E-state index in [4.69, 9.17) is 0 Å². The fourth-order valence-corrected chi connectivity index (χ4v) is 2.52. The topological polar surface area (TPSA) is 24.4 Å². The van der Waals surface area contributed by atoms with Crippen molar-refractivity contribution in [2.75, 3.05) is 5.43 Å². The van der Waals surface area contributed by atoms with E-state index in [0.717, 1.165) is 15.7 Å². The SMILES string of the molecule is Brc1cccc2ccc(C=NNc3ccccc3)cc12. The van der Waals surface area contributed by atoms with Crippen LogP contribution >= 0.6 is 15.9 Å². The lowest BCUT2D eigenvalue weighted by Gasteiger charge is -2.02. The molecule has 3 rings (SSSR count). The van der Waals surface area contributed by atoms with Gasteiger partial charge in [-0.05, 0) is 40.6 Å². The maximum atomic E-state index is 4.26. The number of rotatable bonds is 3. The van der Waals surface area contributed by atoms with Gasteiger partial charge in [0.25, 0.3) is 0 Å². The summed E-state index contributed by atoms with van der Waals surface area (Å²) in [7, 11) is 0. The normalized spacial score (nSPS) is 11.1. The number of fused-ring (bicyclic) bond motifs is 1. The minimum absolute atomic E-state index is 0.978. The molecule has 0 saturated heterocycles. The van der Waals surface area contributed by atoms with Crippen LogP contribution in [0.2, 0.25) is 0 Å². The van der Waals surface area contributed by atoms with Gasteiger partial charge in [0, 0.05) is 4.47 Å². The average Bonchev–Trinajstić information content (AvgIpc) is 2.49. The van der Waals surface area contributed by atoms with Gasteiger partial charge in [0.1, 0.15) is 0 Å². The maximum Gasteiger partial charge on any atom is 0.0561 e. The van der Waals surface area contributed by atoms with Crippen LogP contribution in [-0.2, 0) is 0 Å². The van der Waals surface area contributed by atoms with E-state index in [0.29, 0.717) is 0 Å². The van der Waals surface area contributed by atoms with E-state index in [9.17, 15) is 0 Å². The molecule has 0 unspecified atom stereocenters. The number of hydrogen-bond acceptors (Lipinski definition) is 2. The fourth-order valence-electron chi connectivity index (χ4n) is 2.03. The van der Waals surface area contributed by atoms with Crippen molar-refractivity contribution in [3.8, 4) is 0 Å². The van der Waals surface area contributed by atoms with Crippen molar-refractivity contribution >= 4 is 38.6 Å². The molecule has 0 aliphatic carbocycles. The Kier molecular flexibility index (Phi) is 3.79. The number of hydrazone groups is 1. The lowest BCUT2D eigenvalue weighted by molar-refractivity contribution is 1.35. The molecule has 0 aromatic heterocycles. The highest BCUT2D eigenvalue weighted by molar-refractivity contribution is 9.10. The van der Waals surface area contributed by atoms with Gasteiger partial charge in [0.05, 0.1) is 11.9 Å². The first kappa shape index (κ1) is 12.9. The predicted molar refractivity (Wildman–Crippen MR) is 89.3 cm³/mol. The third-order valence-corrected chi connectivity index (χ3v) is 3.73. The molecule has 3 aromatic rings. The van der Waals surface area contributed by atoms with E-state index in [1.54, 1.807) is 0 Å². The number of para-hydroxylation sites is 1. The smallest absolute Gasteiger partial charge is 0.0561 e. The van der Waals surface area contributed by atoms with E-state index in [1.807, 2.05) is 48.7 Å². The lowest BCUT2D eigenvalue weighted by Crippen LogP contribution is -1.90. The molecular formula is C17H13BrN2. The summed E-state index contributed by atoms with van der Waals surface area (Å²) in [5.74, 6) is 0. The van der Waals surface area contributed by atoms with Gasteiger partial charge < -0.3 is 0 Å². The van der Waals surface area contributed by atoms with E-state index in [-0.39, 0.29) is 0 Å². The molecule has 0 radical (unpaired) electrons. The predicted octanol–water partition coefficient (Wildman–Crippen LogP) is 5.05. The summed E-state index contributed by atoms with van der Waals surface area (Å²) in [6.07, 6.45) is 1.83. The molecule has 0 aliphatic rings. The molecule has 3 aromatic carbocycles. The number of hydrogen-bond donors (Lipinski definition) is 1. The Morgan fingerprint density at radius 3 is 2.60 bits per heavy atom. The van der Waals surface area contributed by atoms with Crippen LogP contribution in [-0.4, -0.2) is 6.21 Å². The maximum absolute atomic E-state index is 4.26. The van der Waals surface area contributed by atoms with Gasteiger partial charge >= 0.3 is 0 Å². The van der Waals surface area contributed by atoms with Crippen molar-refractivity contribution in [2.45, 2.75) is 0 Å². The molecule has 0 heterocycles. The van der Waals surface area contributed by atoms with Crippen molar-refractivity contribution in [3.63, 3.8) is 0 Å². The fraction of sp³-hybridized carbons (Fsp3) is 0. The minimum atomic E-state index is 0.978. The first-order valence-electron chi connectivity index (χ1n) is 6.35. The molecule has 98 valence electrons. The molecule has 0 atom stereocenters. The Morgan fingerprint density at radius 1 is 0.900 bits per heavy atom. The third-order valence-electron chi connectivity index (χ3n) is 3.03. The molecule has 0 amide bonds. The van der Waals surface area contributed by atoms with Crippen LogP contribution in [0.5, 0.6) is 0 Å². The lowest BCUT2D eigenvalue weighted by atomic mass is 10.1. The summed E-state index contributed by atoms with van der Waals surface area (Å²) in [5, 5.41) is 6.66. The van der Waals surface area contributed by atoms with Crippen LogP contribution in [0.3, 0.4) is 0 Å². The van der Waals surface area contributed by atoms with Crippen molar-refractivity contribution in [1.82, 2.24) is 0 Å². The van der Waals surface area contributed by atoms with Gasteiger partial charge in [-0.1, -0.05) is 58.4 Å². The van der Waals surface area contributed by atoms with Crippen LogP contribution in [0.1, 0.15) is 5.56 Å². The summed E-state index contributed by atoms with van der Waals surface area (Å²) in [5.41, 5.74) is 5.05. The summed E-state index contributed by atoms with van der Waals surface area (Å²) in [6, 6.07) is 22.4. The van der Waals surface area contributed by atoms with Gasteiger partial charge in [-0.25, -0.2) is 0 Å². The highest BCUT2D eigenvalue weighted by atomic mass is 79.9. The number of nitrogens with one attached hydrogen (secondary N) is 1. The number of anilines is 1. The van der Waals surface area contributed by atoms with E-state index in [2.05, 4.69) is 50.7 Å². The first-order valence-corrected chi connectivity index (χ1v) is 7.15. The van der Waals surface area contributed by atoms with Gasteiger partial charge in [0.2, 0.25) is 0 Å². The first-order chi connectivity index (χ1) is 9.83. The van der Waals surface area contributed by atoms with Crippen LogP contribution in [0.15, 0.2) is 76.3 Å². The monoisotopic (exact) mass is 324 g/mol. The summed E-state index contributed by atoms with van der Waals surface area (Å²) in [6.45, 7) is 0. The molecule has 20 heavy (non-hydrogen) atoms. The zero-order valence-electron chi connectivity index (χ0n) is 10.8. The second-order valence-corrected chi connectivity index (χ2v) is 5.31. The van der Waals surface area contributed by atoms with Gasteiger partial charge in [0.15, 0.2) is 0 Å². The molecule has 0 aliphatic heterocycles. The number of benzene rings is 3. The quantitative estimate of drug-likeness (QED) is 0.529. The summed E-state index contributed by atoms with van der Waals surface area (Å²) in [4.78, 5) is 0. The average molecular weight is 325 g/mol. The third kappa shape index (κ3) is 2.89. The number of halogens is 1. The molecule has 0 saturated carbocycles.